The third-order valence-electron chi connectivity index (χ3n) is 5.24. The molecule has 5 rings (SSSR count). The first-order valence-electron chi connectivity index (χ1n) is 9.21. The maximum absolute atomic E-state index is 10.9. The lowest BCUT2D eigenvalue weighted by molar-refractivity contribution is 0.205. The van der Waals surface area contributed by atoms with Crippen LogP contribution in [0.4, 0.5) is 0 Å². The van der Waals surface area contributed by atoms with Crippen LogP contribution in [0.3, 0.4) is 0 Å². The van der Waals surface area contributed by atoms with Crippen molar-refractivity contribution in [3.63, 3.8) is 0 Å². The van der Waals surface area contributed by atoms with E-state index in [2.05, 4.69) is 45.3 Å². The fraction of sp³-hybridized carbons (Fsp3) is 0.238. The van der Waals surface area contributed by atoms with Gasteiger partial charge in [-0.25, -0.2) is 4.98 Å². The van der Waals surface area contributed by atoms with Gasteiger partial charge in [-0.1, -0.05) is 59.3 Å². The average Bonchev–Trinajstić information content (AvgIpc) is 3.20. The Labute approximate surface area is 171 Å². The summed E-state index contributed by atoms with van der Waals surface area (Å²) >= 11 is 7.79. The molecule has 0 saturated heterocycles. The summed E-state index contributed by atoms with van der Waals surface area (Å²) in [6.45, 7) is 3.55. The van der Waals surface area contributed by atoms with Crippen LogP contribution in [0.5, 0.6) is 5.88 Å². The highest BCUT2D eigenvalue weighted by atomic mass is 35.5. The van der Waals surface area contributed by atoms with Crippen LogP contribution in [-0.4, -0.2) is 31.1 Å². The van der Waals surface area contributed by atoms with Crippen molar-refractivity contribution in [1.82, 2.24) is 19.5 Å². The lowest BCUT2D eigenvalue weighted by atomic mass is 9.96. The Balaban J connectivity index is 1.63. The minimum Gasteiger partial charge on any atom is -0.492 e. The van der Waals surface area contributed by atoms with Crippen LogP contribution >= 0.6 is 22.9 Å². The third kappa shape index (κ3) is 2.98. The van der Waals surface area contributed by atoms with Crippen molar-refractivity contribution < 1.29 is 5.11 Å². The predicted octanol–water partition coefficient (Wildman–Crippen LogP) is 4.61. The molecule has 0 fully saturated rings. The Morgan fingerprint density at radius 1 is 1.14 bits per heavy atom. The normalized spacial score (nSPS) is 15.6. The van der Waals surface area contributed by atoms with Crippen molar-refractivity contribution in [3.8, 4) is 5.88 Å². The molecular weight excluding hydrogens is 392 g/mol. The van der Waals surface area contributed by atoms with Crippen LogP contribution in [0.25, 0.3) is 4.96 Å². The minimum atomic E-state index is -0.110. The second-order valence-corrected chi connectivity index (χ2v) is 8.54. The smallest absolute Gasteiger partial charge is 0.230 e. The quantitative estimate of drug-likeness (QED) is 0.536. The number of nitrogens with zero attached hydrogens (tertiary/aromatic N) is 4. The van der Waals surface area contributed by atoms with Gasteiger partial charge >= 0.3 is 0 Å². The summed E-state index contributed by atoms with van der Waals surface area (Å²) in [6.07, 6.45) is 0.980. The molecule has 1 atom stereocenters. The van der Waals surface area contributed by atoms with E-state index in [0.29, 0.717) is 15.8 Å². The predicted molar refractivity (Wildman–Crippen MR) is 111 cm³/mol. The number of rotatable bonds is 3. The molecular formula is C21H19ClN4OS. The molecule has 2 aromatic carbocycles. The standard InChI is InChI=1S/C21H19ClN4OS/c1-13-23-21-26(24-13)20(27)19(28-21)18(15-7-4-8-17(22)11-15)25-10-9-14-5-2-3-6-16(14)12-25/h2-8,11,18,27H,9-10,12H2,1H3. The molecule has 1 unspecified atom stereocenters. The van der Waals surface area contributed by atoms with E-state index < -0.39 is 0 Å². The van der Waals surface area contributed by atoms with E-state index in [-0.39, 0.29) is 11.9 Å². The number of aromatic hydroxyl groups is 1. The number of thiazole rings is 1. The first kappa shape index (κ1) is 17.7. The summed E-state index contributed by atoms with van der Waals surface area (Å²) < 4.78 is 1.53. The number of halogens is 1. The van der Waals surface area contributed by atoms with Gasteiger partial charge < -0.3 is 5.11 Å². The average molecular weight is 411 g/mol. The molecule has 0 aliphatic carbocycles. The molecule has 28 heavy (non-hydrogen) atoms. The van der Waals surface area contributed by atoms with Crippen molar-refractivity contribution in [2.45, 2.75) is 25.9 Å². The number of aryl methyl sites for hydroxylation is 1. The minimum absolute atomic E-state index is 0.110. The zero-order chi connectivity index (χ0) is 19.3. The highest BCUT2D eigenvalue weighted by Crippen LogP contribution is 2.42. The van der Waals surface area contributed by atoms with Crippen LogP contribution in [0, 0.1) is 6.92 Å². The Morgan fingerprint density at radius 3 is 2.75 bits per heavy atom. The maximum Gasteiger partial charge on any atom is 0.230 e. The van der Waals surface area contributed by atoms with Gasteiger partial charge in [0.05, 0.1) is 10.9 Å². The Bertz CT molecular complexity index is 1170. The molecule has 1 N–H and O–H groups in total. The molecule has 3 heterocycles. The van der Waals surface area contributed by atoms with Crippen LogP contribution in [0.1, 0.15) is 33.4 Å². The monoisotopic (exact) mass is 410 g/mol. The van der Waals surface area contributed by atoms with Gasteiger partial charge in [-0.3, -0.25) is 4.90 Å². The fourth-order valence-corrected chi connectivity index (χ4v) is 5.33. The van der Waals surface area contributed by atoms with E-state index in [0.717, 1.165) is 30.0 Å². The molecule has 142 valence electrons. The van der Waals surface area contributed by atoms with Gasteiger partial charge in [-0.2, -0.15) is 4.52 Å². The fourth-order valence-electron chi connectivity index (χ4n) is 3.97. The number of benzene rings is 2. The highest BCUT2D eigenvalue weighted by Gasteiger charge is 2.31. The molecule has 0 saturated carbocycles. The van der Waals surface area contributed by atoms with Gasteiger partial charge in [0.2, 0.25) is 10.8 Å². The SMILES string of the molecule is Cc1nc2sc(C(c3cccc(Cl)c3)N3CCc4ccccc4C3)c(O)n2n1. The Kier molecular flexibility index (Phi) is 4.34. The van der Waals surface area contributed by atoms with Crippen LogP contribution in [0.15, 0.2) is 48.5 Å². The molecule has 7 heteroatoms. The summed E-state index contributed by atoms with van der Waals surface area (Å²) in [7, 11) is 0. The molecule has 2 aromatic heterocycles. The first-order chi connectivity index (χ1) is 13.6. The number of fused-ring (bicyclic) bond motifs is 2. The van der Waals surface area contributed by atoms with E-state index in [4.69, 9.17) is 11.6 Å². The molecule has 0 bridgehead atoms. The maximum atomic E-state index is 10.9. The second kappa shape index (κ2) is 6.88. The zero-order valence-corrected chi connectivity index (χ0v) is 16.9. The highest BCUT2D eigenvalue weighted by molar-refractivity contribution is 7.17. The van der Waals surface area contributed by atoms with Crippen LogP contribution in [-0.2, 0) is 13.0 Å². The molecule has 0 radical (unpaired) electrons. The lowest BCUT2D eigenvalue weighted by Crippen LogP contribution is -2.34. The summed E-state index contributed by atoms with van der Waals surface area (Å²) in [5.74, 6) is 0.809. The molecule has 1 aliphatic rings. The van der Waals surface area contributed by atoms with Gasteiger partial charge in [0, 0.05) is 18.1 Å². The van der Waals surface area contributed by atoms with Gasteiger partial charge in [0.1, 0.15) is 5.82 Å². The summed E-state index contributed by atoms with van der Waals surface area (Å²) in [5, 5.41) is 16.0. The Morgan fingerprint density at radius 2 is 1.96 bits per heavy atom. The largest absolute Gasteiger partial charge is 0.492 e. The summed E-state index contributed by atoms with van der Waals surface area (Å²) in [4.78, 5) is 8.38. The molecule has 1 aliphatic heterocycles. The van der Waals surface area contributed by atoms with E-state index in [1.807, 2.05) is 25.1 Å². The molecule has 0 spiro atoms. The second-order valence-electron chi connectivity index (χ2n) is 7.09. The van der Waals surface area contributed by atoms with Crippen molar-refractivity contribution in [3.05, 3.63) is 80.9 Å². The lowest BCUT2D eigenvalue weighted by Gasteiger charge is -2.35. The van der Waals surface area contributed by atoms with E-state index in [9.17, 15) is 5.11 Å². The van der Waals surface area contributed by atoms with E-state index in [1.54, 1.807) is 0 Å². The third-order valence-corrected chi connectivity index (χ3v) is 6.55. The Hall–Kier alpha value is -2.41. The first-order valence-corrected chi connectivity index (χ1v) is 10.4. The van der Waals surface area contributed by atoms with Crippen molar-refractivity contribution in [2.24, 2.45) is 0 Å². The molecule has 0 amide bonds. The number of hydrogen-bond acceptors (Lipinski definition) is 5. The van der Waals surface area contributed by atoms with Gasteiger partial charge in [0.25, 0.3) is 0 Å². The van der Waals surface area contributed by atoms with Gasteiger partial charge in [-0.05, 0) is 42.2 Å². The van der Waals surface area contributed by atoms with Gasteiger partial charge in [0.15, 0.2) is 0 Å². The number of aromatic nitrogens is 3. The van der Waals surface area contributed by atoms with Crippen molar-refractivity contribution in [2.75, 3.05) is 6.54 Å². The van der Waals surface area contributed by atoms with Crippen LogP contribution < -0.4 is 0 Å². The summed E-state index contributed by atoms with van der Waals surface area (Å²) in [6, 6.07) is 16.3. The molecule has 5 nitrogen and oxygen atoms in total. The zero-order valence-electron chi connectivity index (χ0n) is 15.3. The van der Waals surface area contributed by atoms with Crippen LogP contribution in [0.2, 0.25) is 5.02 Å². The van der Waals surface area contributed by atoms with E-state index >= 15 is 0 Å². The topological polar surface area (TPSA) is 53.7 Å². The van der Waals surface area contributed by atoms with Gasteiger partial charge in [-0.15, -0.1) is 5.10 Å². The van der Waals surface area contributed by atoms with Crippen molar-refractivity contribution >= 4 is 27.9 Å². The molecule has 4 aromatic rings. The summed E-state index contributed by atoms with van der Waals surface area (Å²) in [5.41, 5.74) is 3.78. The number of hydrogen-bond donors (Lipinski definition) is 1. The van der Waals surface area contributed by atoms with E-state index in [1.165, 1.54) is 27.0 Å². The van der Waals surface area contributed by atoms with Crippen molar-refractivity contribution in [1.29, 1.82) is 0 Å².